The third-order valence-electron chi connectivity index (χ3n) is 3.14. The van der Waals surface area contributed by atoms with Gasteiger partial charge in [0.2, 0.25) is 0 Å². The van der Waals surface area contributed by atoms with E-state index < -0.39 is 0 Å². The molecule has 0 bridgehead atoms. The number of aryl methyl sites for hydroxylation is 4. The number of nitrogens with zero attached hydrogens (tertiary/aromatic N) is 1. The van der Waals surface area contributed by atoms with Gasteiger partial charge in [-0.25, -0.2) is 0 Å². The Balaban J connectivity index is 2.33. The van der Waals surface area contributed by atoms with Crippen LogP contribution in [0.1, 0.15) is 32.9 Å². The van der Waals surface area contributed by atoms with Gasteiger partial charge in [-0.1, -0.05) is 6.07 Å². The largest absolute Gasteiger partial charge is 0.321 e. The minimum absolute atomic E-state index is 0.136. The Morgan fingerprint density at radius 2 is 1.85 bits per heavy atom. The molecule has 1 aromatic carbocycles. The van der Waals surface area contributed by atoms with E-state index in [2.05, 4.69) is 26.2 Å². The molecule has 1 heterocycles. The lowest BCUT2D eigenvalue weighted by Crippen LogP contribution is -2.15. The van der Waals surface area contributed by atoms with Gasteiger partial charge < -0.3 is 5.32 Å². The Hall–Kier alpha value is -1.68. The number of anilines is 1. The smallest absolute Gasteiger partial charge is 0.257 e. The fourth-order valence-electron chi connectivity index (χ4n) is 2.18. The van der Waals surface area contributed by atoms with Crippen molar-refractivity contribution in [3.8, 4) is 0 Å². The SMILES string of the molecule is Cc1cc(C)c(NC(=O)c2ccc(C)nc2C)c(Br)c1. The highest BCUT2D eigenvalue weighted by Crippen LogP contribution is 2.28. The second kappa shape index (κ2) is 5.75. The topological polar surface area (TPSA) is 42.0 Å². The van der Waals surface area contributed by atoms with Crippen molar-refractivity contribution in [1.82, 2.24) is 4.98 Å². The summed E-state index contributed by atoms with van der Waals surface area (Å²) in [5.41, 5.74) is 5.24. The molecule has 0 saturated heterocycles. The zero-order chi connectivity index (χ0) is 14.9. The number of pyridine rings is 1. The molecule has 2 rings (SSSR count). The van der Waals surface area contributed by atoms with E-state index in [0.717, 1.165) is 32.7 Å². The van der Waals surface area contributed by atoms with Gasteiger partial charge in [0.25, 0.3) is 5.91 Å². The maximum Gasteiger partial charge on any atom is 0.257 e. The van der Waals surface area contributed by atoms with Crippen LogP contribution in [0.3, 0.4) is 0 Å². The Kier molecular flexibility index (Phi) is 4.23. The van der Waals surface area contributed by atoms with Crippen molar-refractivity contribution in [2.45, 2.75) is 27.7 Å². The fraction of sp³-hybridized carbons (Fsp3) is 0.250. The third-order valence-corrected chi connectivity index (χ3v) is 3.77. The quantitative estimate of drug-likeness (QED) is 0.889. The number of benzene rings is 1. The Morgan fingerprint density at radius 1 is 1.15 bits per heavy atom. The predicted octanol–water partition coefficient (Wildman–Crippen LogP) is 4.33. The van der Waals surface area contributed by atoms with Crippen LogP contribution in [0.2, 0.25) is 0 Å². The molecule has 104 valence electrons. The number of aromatic nitrogens is 1. The number of amides is 1. The maximum absolute atomic E-state index is 12.4. The van der Waals surface area contributed by atoms with Crippen molar-refractivity contribution in [3.63, 3.8) is 0 Å². The molecule has 0 radical (unpaired) electrons. The van der Waals surface area contributed by atoms with Gasteiger partial charge in [0.15, 0.2) is 0 Å². The van der Waals surface area contributed by atoms with Crippen LogP contribution in [0.5, 0.6) is 0 Å². The minimum Gasteiger partial charge on any atom is -0.321 e. The Labute approximate surface area is 127 Å². The molecule has 0 aliphatic carbocycles. The van der Waals surface area contributed by atoms with Crippen molar-refractivity contribution in [2.24, 2.45) is 0 Å². The second-order valence-corrected chi connectivity index (χ2v) is 5.83. The average molecular weight is 333 g/mol. The van der Waals surface area contributed by atoms with E-state index in [-0.39, 0.29) is 5.91 Å². The van der Waals surface area contributed by atoms with Crippen LogP contribution < -0.4 is 5.32 Å². The number of carbonyl (C=O) groups excluding carboxylic acids is 1. The molecule has 0 aliphatic heterocycles. The lowest BCUT2D eigenvalue weighted by molar-refractivity contribution is 0.102. The number of carbonyl (C=O) groups is 1. The van der Waals surface area contributed by atoms with Gasteiger partial charge in [0.05, 0.1) is 16.9 Å². The van der Waals surface area contributed by atoms with E-state index >= 15 is 0 Å². The lowest BCUT2D eigenvalue weighted by Gasteiger charge is -2.13. The van der Waals surface area contributed by atoms with Crippen LogP contribution in [-0.4, -0.2) is 10.9 Å². The van der Waals surface area contributed by atoms with E-state index in [1.165, 1.54) is 0 Å². The summed E-state index contributed by atoms with van der Waals surface area (Å²) in [5.74, 6) is -0.136. The first-order chi connectivity index (χ1) is 9.38. The average Bonchev–Trinajstić information content (AvgIpc) is 2.33. The van der Waals surface area contributed by atoms with Gasteiger partial charge in [0, 0.05) is 10.2 Å². The van der Waals surface area contributed by atoms with Crippen LogP contribution in [0, 0.1) is 27.7 Å². The van der Waals surface area contributed by atoms with Crippen molar-refractivity contribution in [1.29, 1.82) is 0 Å². The standard InChI is InChI=1S/C16H17BrN2O/c1-9-7-10(2)15(14(17)8-9)19-16(20)13-6-5-11(3)18-12(13)4/h5-8H,1-4H3,(H,19,20). The molecule has 1 amide bonds. The zero-order valence-corrected chi connectivity index (χ0v) is 13.6. The first-order valence-electron chi connectivity index (χ1n) is 6.41. The first kappa shape index (κ1) is 14.7. The summed E-state index contributed by atoms with van der Waals surface area (Å²) in [6.45, 7) is 7.76. The molecular formula is C16H17BrN2O. The van der Waals surface area contributed by atoms with Gasteiger partial charge >= 0.3 is 0 Å². The number of hydrogen-bond donors (Lipinski definition) is 1. The van der Waals surface area contributed by atoms with E-state index in [9.17, 15) is 4.79 Å². The molecular weight excluding hydrogens is 316 g/mol. The molecule has 0 atom stereocenters. The molecule has 1 N–H and O–H groups in total. The van der Waals surface area contributed by atoms with Crippen LogP contribution in [0.15, 0.2) is 28.7 Å². The number of rotatable bonds is 2. The number of halogens is 1. The Morgan fingerprint density at radius 3 is 2.45 bits per heavy atom. The summed E-state index contributed by atoms with van der Waals surface area (Å²) in [6.07, 6.45) is 0. The van der Waals surface area contributed by atoms with Crippen molar-refractivity contribution < 1.29 is 4.79 Å². The molecule has 3 nitrogen and oxygen atoms in total. The van der Waals surface area contributed by atoms with E-state index in [0.29, 0.717) is 5.56 Å². The summed E-state index contributed by atoms with van der Waals surface area (Å²) in [7, 11) is 0. The molecule has 20 heavy (non-hydrogen) atoms. The maximum atomic E-state index is 12.4. The number of nitrogens with one attached hydrogen (secondary N) is 1. The molecule has 1 aromatic heterocycles. The van der Waals surface area contributed by atoms with Gasteiger partial charge in [-0.2, -0.15) is 0 Å². The number of hydrogen-bond acceptors (Lipinski definition) is 2. The van der Waals surface area contributed by atoms with Gasteiger partial charge in [0.1, 0.15) is 0 Å². The van der Waals surface area contributed by atoms with Gasteiger partial charge in [-0.15, -0.1) is 0 Å². The molecule has 0 aliphatic rings. The van der Waals surface area contributed by atoms with Crippen molar-refractivity contribution in [2.75, 3.05) is 5.32 Å². The van der Waals surface area contributed by atoms with Crippen LogP contribution in [-0.2, 0) is 0 Å². The van der Waals surface area contributed by atoms with Crippen LogP contribution >= 0.6 is 15.9 Å². The van der Waals surface area contributed by atoms with Crippen molar-refractivity contribution in [3.05, 3.63) is 56.8 Å². The van der Waals surface area contributed by atoms with E-state index in [1.54, 1.807) is 0 Å². The first-order valence-corrected chi connectivity index (χ1v) is 7.20. The van der Waals surface area contributed by atoms with E-state index in [4.69, 9.17) is 0 Å². The molecule has 4 heteroatoms. The monoisotopic (exact) mass is 332 g/mol. The van der Waals surface area contributed by atoms with E-state index in [1.807, 2.05) is 52.0 Å². The van der Waals surface area contributed by atoms with Gasteiger partial charge in [-0.05, 0) is 73.0 Å². The second-order valence-electron chi connectivity index (χ2n) is 4.98. The van der Waals surface area contributed by atoms with Crippen molar-refractivity contribution >= 4 is 27.5 Å². The molecule has 0 unspecified atom stereocenters. The molecule has 2 aromatic rings. The molecule has 0 saturated carbocycles. The summed E-state index contributed by atoms with van der Waals surface area (Å²) >= 11 is 3.50. The van der Waals surface area contributed by atoms with Gasteiger partial charge in [-0.3, -0.25) is 9.78 Å². The van der Waals surface area contributed by atoms with Crippen LogP contribution in [0.4, 0.5) is 5.69 Å². The summed E-state index contributed by atoms with van der Waals surface area (Å²) in [5, 5.41) is 2.96. The highest BCUT2D eigenvalue weighted by molar-refractivity contribution is 9.10. The Bertz CT molecular complexity index is 657. The van der Waals surface area contributed by atoms with Crippen LogP contribution in [0.25, 0.3) is 0 Å². The predicted molar refractivity (Wildman–Crippen MR) is 85.3 cm³/mol. The zero-order valence-electron chi connectivity index (χ0n) is 12.0. The highest BCUT2D eigenvalue weighted by Gasteiger charge is 2.13. The lowest BCUT2D eigenvalue weighted by atomic mass is 10.1. The summed E-state index contributed by atoms with van der Waals surface area (Å²) < 4.78 is 0.890. The fourth-order valence-corrected chi connectivity index (χ4v) is 2.95. The highest BCUT2D eigenvalue weighted by atomic mass is 79.9. The molecule has 0 spiro atoms. The summed E-state index contributed by atoms with van der Waals surface area (Å²) in [6, 6.07) is 7.69. The normalized spacial score (nSPS) is 10.4. The minimum atomic E-state index is -0.136. The molecule has 0 fully saturated rings. The third kappa shape index (κ3) is 3.07. The summed E-state index contributed by atoms with van der Waals surface area (Å²) in [4.78, 5) is 16.7.